The van der Waals surface area contributed by atoms with Crippen LogP contribution in [0.5, 0.6) is 0 Å². The highest BCUT2D eigenvalue weighted by Gasteiger charge is 2.10. The average Bonchev–Trinajstić information content (AvgIpc) is 2.10. The van der Waals surface area contributed by atoms with Gasteiger partial charge in [0.15, 0.2) is 0 Å². The Morgan fingerprint density at radius 1 is 1.00 bits per heavy atom. The Kier molecular flexibility index (Phi) is 9.26. The Labute approximate surface area is 85.5 Å². The summed E-state index contributed by atoms with van der Waals surface area (Å²) in [6.45, 7) is 2.16. The molecule has 1 nitrogen and oxygen atoms in total. The first-order chi connectivity index (χ1) is 6.66. The van der Waals surface area contributed by atoms with Crippen molar-refractivity contribution in [3.8, 4) is 0 Å². The smallest absolute Gasteiger partial charge is 0.241 e. The van der Waals surface area contributed by atoms with E-state index >= 15 is 0 Å². The maximum atomic E-state index is 11.8. The van der Waals surface area contributed by atoms with Crippen molar-refractivity contribution in [3.05, 3.63) is 0 Å². The van der Waals surface area contributed by atoms with E-state index in [1.54, 1.807) is 0 Å². The monoisotopic (exact) mass is 208 g/mol. The molecule has 0 radical (unpaired) electrons. The molecular formula is C11H22F2O. The fraction of sp³-hybridized carbons (Fsp3) is 1.00. The van der Waals surface area contributed by atoms with Crippen LogP contribution in [0.1, 0.15) is 58.3 Å². The summed E-state index contributed by atoms with van der Waals surface area (Å²) in [5, 5.41) is 9.14. The minimum absolute atomic E-state index is 0.366. The summed E-state index contributed by atoms with van der Waals surface area (Å²) < 4.78 is 23.6. The Morgan fingerprint density at radius 2 is 1.57 bits per heavy atom. The predicted octanol–water partition coefficient (Wildman–Crippen LogP) is 3.75. The second-order valence-electron chi connectivity index (χ2n) is 3.84. The van der Waals surface area contributed by atoms with Gasteiger partial charge >= 0.3 is 0 Å². The van der Waals surface area contributed by atoms with Gasteiger partial charge < -0.3 is 5.11 Å². The van der Waals surface area contributed by atoms with Crippen LogP contribution in [0.15, 0.2) is 0 Å². The van der Waals surface area contributed by atoms with Gasteiger partial charge in [-0.25, -0.2) is 8.78 Å². The van der Waals surface area contributed by atoms with Gasteiger partial charge in [0.2, 0.25) is 6.43 Å². The van der Waals surface area contributed by atoms with Crippen molar-refractivity contribution in [2.45, 2.75) is 70.8 Å². The van der Waals surface area contributed by atoms with Crippen LogP contribution in [-0.4, -0.2) is 17.6 Å². The Morgan fingerprint density at radius 3 is 2.14 bits per heavy atom. The summed E-state index contributed by atoms with van der Waals surface area (Å²) in [7, 11) is 0. The van der Waals surface area contributed by atoms with E-state index in [4.69, 9.17) is 5.11 Å². The predicted molar refractivity (Wildman–Crippen MR) is 54.6 cm³/mol. The highest BCUT2D eigenvalue weighted by molar-refractivity contribution is 4.57. The Balaban J connectivity index is 3.10. The van der Waals surface area contributed by atoms with E-state index in [9.17, 15) is 8.78 Å². The minimum atomic E-state index is -2.37. The lowest BCUT2D eigenvalue weighted by Crippen LogP contribution is -2.11. The van der Waals surface area contributed by atoms with Crippen molar-refractivity contribution in [2.24, 2.45) is 0 Å². The Bertz CT molecular complexity index is 118. The molecule has 0 aromatic heterocycles. The van der Waals surface area contributed by atoms with Crippen molar-refractivity contribution in [1.29, 1.82) is 0 Å². The molecule has 0 saturated carbocycles. The van der Waals surface area contributed by atoms with Crippen LogP contribution in [0.3, 0.4) is 0 Å². The minimum Gasteiger partial charge on any atom is -0.393 e. The summed E-state index contributed by atoms with van der Waals surface area (Å²) in [6, 6.07) is 0. The fourth-order valence-corrected chi connectivity index (χ4v) is 1.48. The highest BCUT2D eigenvalue weighted by atomic mass is 19.3. The van der Waals surface area contributed by atoms with E-state index < -0.39 is 12.5 Å². The molecule has 0 aliphatic rings. The van der Waals surface area contributed by atoms with Crippen LogP contribution < -0.4 is 0 Å². The lowest BCUT2D eigenvalue weighted by molar-refractivity contribution is 0.0559. The number of alkyl halides is 2. The molecule has 0 saturated heterocycles. The molecule has 1 N–H and O–H groups in total. The number of hydrogen-bond donors (Lipinski definition) is 1. The second-order valence-corrected chi connectivity index (χ2v) is 3.84. The zero-order valence-corrected chi connectivity index (χ0v) is 9.01. The number of unbranched alkanes of at least 4 members (excludes halogenated alkanes) is 5. The van der Waals surface area contributed by atoms with Gasteiger partial charge in [-0.15, -0.1) is 0 Å². The van der Waals surface area contributed by atoms with E-state index in [1.807, 2.05) is 0 Å². The number of rotatable bonds is 9. The molecule has 0 spiro atoms. The van der Waals surface area contributed by atoms with Crippen molar-refractivity contribution in [2.75, 3.05) is 0 Å². The van der Waals surface area contributed by atoms with E-state index in [1.165, 1.54) is 19.3 Å². The lowest BCUT2D eigenvalue weighted by atomic mass is 10.1. The standard InChI is InChI=1S/C11H22F2O/c1-2-3-4-5-6-7-8-10(14)9-11(12)13/h10-11,14H,2-9H2,1H3. The third-order valence-corrected chi connectivity index (χ3v) is 2.34. The summed E-state index contributed by atoms with van der Waals surface area (Å²) in [5.74, 6) is 0. The molecule has 0 aromatic rings. The lowest BCUT2D eigenvalue weighted by Gasteiger charge is -2.08. The molecule has 0 amide bonds. The van der Waals surface area contributed by atoms with Gasteiger partial charge in [0.1, 0.15) is 0 Å². The molecule has 0 aliphatic carbocycles. The number of halogens is 2. The van der Waals surface area contributed by atoms with Crippen molar-refractivity contribution < 1.29 is 13.9 Å². The molecular weight excluding hydrogens is 186 g/mol. The van der Waals surface area contributed by atoms with Crippen LogP contribution in [0.4, 0.5) is 8.78 Å². The zero-order chi connectivity index (χ0) is 10.8. The topological polar surface area (TPSA) is 20.2 Å². The number of hydrogen-bond acceptors (Lipinski definition) is 1. The number of aliphatic hydroxyl groups is 1. The summed E-state index contributed by atoms with van der Waals surface area (Å²) in [4.78, 5) is 0. The van der Waals surface area contributed by atoms with Gasteiger partial charge in [0.25, 0.3) is 0 Å². The van der Waals surface area contributed by atoms with Gasteiger partial charge in [0.05, 0.1) is 6.10 Å². The molecule has 0 aliphatic heterocycles. The van der Waals surface area contributed by atoms with Crippen molar-refractivity contribution in [1.82, 2.24) is 0 Å². The zero-order valence-electron chi connectivity index (χ0n) is 9.01. The molecule has 3 heteroatoms. The first kappa shape index (κ1) is 13.8. The van der Waals surface area contributed by atoms with Gasteiger partial charge in [-0.1, -0.05) is 45.4 Å². The van der Waals surface area contributed by atoms with E-state index in [0.717, 1.165) is 19.3 Å². The molecule has 0 rings (SSSR count). The molecule has 0 aromatic carbocycles. The second kappa shape index (κ2) is 9.38. The van der Waals surface area contributed by atoms with Crippen molar-refractivity contribution >= 4 is 0 Å². The Hall–Kier alpha value is -0.180. The molecule has 1 atom stereocenters. The van der Waals surface area contributed by atoms with Gasteiger partial charge in [-0.2, -0.15) is 0 Å². The van der Waals surface area contributed by atoms with Crippen LogP contribution in [0, 0.1) is 0 Å². The maximum Gasteiger partial charge on any atom is 0.241 e. The van der Waals surface area contributed by atoms with Gasteiger partial charge in [-0.3, -0.25) is 0 Å². The molecule has 14 heavy (non-hydrogen) atoms. The number of aliphatic hydroxyl groups excluding tert-OH is 1. The van der Waals surface area contributed by atoms with Gasteiger partial charge in [0, 0.05) is 6.42 Å². The van der Waals surface area contributed by atoms with Crippen LogP contribution in [0.25, 0.3) is 0 Å². The fourth-order valence-electron chi connectivity index (χ4n) is 1.48. The first-order valence-electron chi connectivity index (χ1n) is 5.63. The van der Waals surface area contributed by atoms with Crippen LogP contribution in [-0.2, 0) is 0 Å². The molecule has 0 heterocycles. The third-order valence-electron chi connectivity index (χ3n) is 2.34. The largest absolute Gasteiger partial charge is 0.393 e. The normalized spacial score (nSPS) is 13.5. The maximum absolute atomic E-state index is 11.8. The van der Waals surface area contributed by atoms with Crippen LogP contribution in [0.2, 0.25) is 0 Å². The van der Waals surface area contributed by atoms with E-state index in [2.05, 4.69) is 6.92 Å². The van der Waals surface area contributed by atoms with E-state index in [-0.39, 0.29) is 6.42 Å². The first-order valence-corrected chi connectivity index (χ1v) is 5.63. The van der Waals surface area contributed by atoms with Crippen LogP contribution >= 0.6 is 0 Å². The molecule has 86 valence electrons. The molecule has 0 fully saturated rings. The molecule has 1 unspecified atom stereocenters. The van der Waals surface area contributed by atoms with Crippen molar-refractivity contribution in [3.63, 3.8) is 0 Å². The summed E-state index contributed by atoms with van der Waals surface area (Å²) in [6.07, 6.45) is 3.76. The third kappa shape index (κ3) is 9.90. The summed E-state index contributed by atoms with van der Waals surface area (Å²) >= 11 is 0. The van der Waals surface area contributed by atoms with E-state index in [0.29, 0.717) is 6.42 Å². The summed E-state index contributed by atoms with van der Waals surface area (Å²) in [5.41, 5.74) is 0. The highest BCUT2D eigenvalue weighted by Crippen LogP contribution is 2.12. The van der Waals surface area contributed by atoms with Gasteiger partial charge in [-0.05, 0) is 6.42 Å². The SMILES string of the molecule is CCCCCCCCC(O)CC(F)F. The molecule has 0 bridgehead atoms. The quantitative estimate of drug-likeness (QED) is 0.572. The average molecular weight is 208 g/mol.